The standard InChI is InChI=1S/C16H29NO2/c1-16(9-4-2-3-5-10-16)15(19)17-12-13-7-6-8-14(18)11-13/h13-14,18H,2-12H2,1H3,(H,17,19). The molecule has 3 nitrogen and oxygen atoms in total. The summed E-state index contributed by atoms with van der Waals surface area (Å²) < 4.78 is 0. The van der Waals surface area contributed by atoms with Crippen molar-refractivity contribution in [1.29, 1.82) is 0 Å². The number of rotatable bonds is 3. The molecule has 110 valence electrons. The Morgan fingerprint density at radius 3 is 2.47 bits per heavy atom. The van der Waals surface area contributed by atoms with Crippen LogP contribution in [0.25, 0.3) is 0 Å². The van der Waals surface area contributed by atoms with Gasteiger partial charge >= 0.3 is 0 Å². The zero-order valence-corrected chi connectivity index (χ0v) is 12.3. The Morgan fingerprint density at radius 1 is 1.16 bits per heavy atom. The zero-order valence-electron chi connectivity index (χ0n) is 12.3. The fourth-order valence-corrected chi connectivity index (χ4v) is 3.63. The fourth-order valence-electron chi connectivity index (χ4n) is 3.63. The van der Waals surface area contributed by atoms with E-state index in [0.29, 0.717) is 5.92 Å². The number of carbonyl (C=O) groups excluding carboxylic acids is 1. The van der Waals surface area contributed by atoms with E-state index in [-0.39, 0.29) is 17.4 Å². The highest BCUT2D eigenvalue weighted by atomic mass is 16.3. The Hall–Kier alpha value is -0.570. The minimum absolute atomic E-state index is 0.149. The maximum atomic E-state index is 12.4. The summed E-state index contributed by atoms with van der Waals surface area (Å²) in [6.07, 6.45) is 10.9. The Balaban J connectivity index is 1.79. The first-order valence-corrected chi connectivity index (χ1v) is 8.06. The van der Waals surface area contributed by atoms with Crippen LogP contribution in [0, 0.1) is 11.3 Å². The highest BCUT2D eigenvalue weighted by molar-refractivity contribution is 5.82. The van der Waals surface area contributed by atoms with Crippen LogP contribution in [0.2, 0.25) is 0 Å². The van der Waals surface area contributed by atoms with E-state index < -0.39 is 0 Å². The highest BCUT2D eigenvalue weighted by Crippen LogP contribution is 2.35. The van der Waals surface area contributed by atoms with Crippen LogP contribution in [-0.2, 0) is 4.79 Å². The smallest absolute Gasteiger partial charge is 0.225 e. The minimum Gasteiger partial charge on any atom is -0.393 e. The minimum atomic E-state index is -0.149. The van der Waals surface area contributed by atoms with Gasteiger partial charge in [0.15, 0.2) is 0 Å². The topological polar surface area (TPSA) is 49.3 Å². The van der Waals surface area contributed by atoms with Gasteiger partial charge in [0.1, 0.15) is 0 Å². The summed E-state index contributed by atoms with van der Waals surface area (Å²) in [6.45, 7) is 2.88. The van der Waals surface area contributed by atoms with E-state index in [4.69, 9.17) is 0 Å². The molecule has 0 spiro atoms. The molecule has 0 bridgehead atoms. The van der Waals surface area contributed by atoms with Crippen molar-refractivity contribution in [2.45, 2.75) is 77.2 Å². The van der Waals surface area contributed by atoms with Gasteiger partial charge in [-0.1, -0.05) is 39.0 Å². The van der Waals surface area contributed by atoms with Gasteiger partial charge in [-0.3, -0.25) is 4.79 Å². The van der Waals surface area contributed by atoms with Crippen LogP contribution in [0.4, 0.5) is 0 Å². The molecule has 1 amide bonds. The van der Waals surface area contributed by atoms with Gasteiger partial charge in [0.05, 0.1) is 6.10 Å². The third-order valence-corrected chi connectivity index (χ3v) is 5.06. The van der Waals surface area contributed by atoms with Crippen molar-refractivity contribution in [3.05, 3.63) is 0 Å². The lowest BCUT2D eigenvalue weighted by Gasteiger charge is -2.30. The van der Waals surface area contributed by atoms with E-state index in [0.717, 1.165) is 45.1 Å². The van der Waals surface area contributed by atoms with Gasteiger partial charge in [-0.15, -0.1) is 0 Å². The van der Waals surface area contributed by atoms with Crippen molar-refractivity contribution in [3.63, 3.8) is 0 Å². The lowest BCUT2D eigenvalue weighted by Crippen LogP contribution is -2.41. The van der Waals surface area contributed by atoms with Gasteiger partial charge in [-0.05, 0) is 38.0 Å². The van der Waals surface area contributed by atoms with Crippen LogP contribution in [0.3, 0.4) is 0 Å². The molecule has 2 aliphatic carbocycles. The van der Waals surface area contributed by atoms with Crippen LogP contribution >= 0.6 is 0 Å². The molecule has 2 rings (SSSR count). The molecule has 2 aliphatic rings. The molecular formula is C16H29NO2. The Morgan fingerprint density at radius 2 is 1.84 bits per heavy atom. The quantitative estimate of drug-likeness (QED) is 0.772. The van der Waals surface area contributed by atoms with Crippen LogP contribution in [-0.4, -0.2) is 23.7 Å². The van der Waals surface area contributed by atoms with Crippen LogP contribution in [0.5, 0.6) is 0 Å². The van der Waals surface area contributed by atoms with Crippen molar-refractivity contribution < 1.29 is 9.90 Å². The number of hydrogen-bond acceptors (Lipinski definition) is 2. The van der Waals surface area contributed by atoms with E-state index in [1.165, 1.54) is 25.7 Å². The van der Waals surface area contributed by atoms with E-state index in [1.807, 2.05) is 0 Å². The van der Waals surface area contributed by atoms with Crippen molar-refractivity contribution in [2.24, 2.45) is 11.3 Å². The molecule has 0 radical (unpaired) electrons. The number of aliphatic hydroxyl groups is 1. The molecule has 3 heteroatoms. The maximum Gasteiger partial charge on any atom is 0.225 e. The van der Waals surface area contributed by atoms with Crippen molar-refractivity contribution in [1.82, 2.24) is 5.32 Å². The number of nitrogens with one attached hydrogen (secondary N) is 1. The van der Waals surface area contributed by atoms with E-state index >= 15 is 0 Å². The fraction of sp³-hybridized carbons (Fsp3) is 0.938. The van der Waals surface area contributed by atoms with Gasteiger partial charge in [0, 0.05) is 12.0 Å². The van der Waals surface area contributed by atoms with Crippen molar-refractivity contribution in [2.75, 3.05) is 6.54 Å². The monoisotopic (exact) mass is 267 g/mol. The molecule has 2 atom stereocenters. The third kappa shape index (κ3) is 4.20. The number of hydrogen-bond donors (Lipinski definition) is 2. The lowest BCUT2D eigenvalue weighted by molar-refractivity contribution is -0.131. The number of amides is 1. The summed E-state index contributed by atoms with van der Waals surface area (Å²) in [4.78, 5) is 12.4. The average Bonchev–Trinajstić information content (AvgIpc) is 2.62. The second-order valence-corrected chi connectivity index (χ2v) is 6.87. The molecule has 0 aromatic rings. The van der Waals surface area contributed by atoms with Crippen molar-refractivity contribution in [3.8, 4) is 0 Å². The first-order chi connectivity index (χ1) is 9.10. The number of carbonyl (C=O) groups is 1. The molecule has 2 N–H and O–H groups in total. The summed E-state index contributed by atoms with van der Waals surface area (Å²) >= 11 is 0. The Bertz CT molecular complexity index is 295. The molecule has 0 aromatic heterocycles. The molecule has 0 aliphatic heterocycles. The molecule has 19 heavy (non-hydrogen) atoms. The van der Waals surface area contributed by atoms with Gasteiger partial charge < -0.3 is 10.4 Å². The second kappa shape index (κ2) is 6.74. The summed E-state index contributed by atoms with van der Waals surface area (Å²) in [5.74, 6) is 0.719. The van der Waals surface area contributed by atoms with E-state index in [1.54, 1.807) is 0 Å². The van der Waals surface area contributed by atoms with Crippen molar-refractivity contribution >= 4 is 5.91 Å². The second-order valence-electron chi connectivity index (χ2n) is 6.87. The summed E-state index contributed by atoms with van der Waals surface area (Å²) in [7, 11) is 0. The summed E-state index contributed by atoms with van der Waals surface area (Å²) in [5.41, 5.74) is -0.149. The van der Waals surface area contributed by atoms with E-state index in [2.05, 4.69) is 12.2 Å². The number of aliphatic hydroxyl groups excluding tert-OH is 1. The molecule has 0 saturated heterocycles. The first-order valence-electron chi connectivity index (χ1n) is 8.06. The van der Waals surface area contributed by atoms with Gasteiger partial charge in [-0.2, -0.15) is 0 Å². The lowest BCUT2D eigenvalue weighted by atomic mass is 9.81. The summed E-state index contributed by atoms with van der Waals surface area (Å²) in [6, 6.07) is 0. The third-order valence-electron chi connectivity index (χ3n) is 5.06. The predicted octanol–water partition coefficient (Wildman–Crippen LogP) is 3.01. The molecule has 0 aromatic carbocycles. The maximum absolute atomic E-state index is 12.4. The SMILES string of the molecule is CC1(C(=O)NCC2CCCC(O)C2)CCCCCC1. The van der Waals surface area contributed by atoms with E-state index in [9.17, 15) is 9.90 Å². The summed E-state index contributed by atoms with van der Waals surface area (Å²) in [5, 5.41) is 12.8. The first kappa shape index (κ1) is 14.8. The normalized spacial score (nSPS) is 31.5. The van der Waals surface area contributed by atoms with Crippen LogP contribution < -0.4 is 5.32 Å². The molecule has 2 unspecified atom stereocenters. The largest absolute Gasteiger partial charge is 0.393 e. The predicted molar refractivity (Wildman–Crippen MR) is 76.8 cm³/mol. The van der Waals surface area contributed by atoms with Crippen LogP contribution in [0.15, 0.2) is 0 Å². The molecule has 0 heterocycles. The molecule has 2 fully saturated rings. The Kier molecular flexibility index (Phi) is 5.26. The van der Waals surface area contributed by atoms with Gasteiger partial charge in [0.2, 0.25) is 5.91 Å². The average molecular weight is 267 g/mol. The van der Waals surface area contributed by atoms with Gasteiger partial charge in [0.25, 0.3) is 0 Å². The molecular weight excluding hydrogens is 238 g/mol. The highest BCUT2D eigenvalue weighted by Gasteiger charge is 2.33. The Labute approximate surface area is 117 Å². The van der Waals surface area contributed by atoms with Gasteiger partial charge in [-0.25, -0.2) is 0 Å². The zero-order chi connectivity index (χ0) is 13.7. The molecule has 2 saturated carbocycles. The van der Waals surface area contributed by atoms with Crippen LogP contribution in [0.1, 0.15) is 71.1 Å².